The maximum absolute atomic E-state index is 10.3. The Morgan fingerprint density at radius 3 is 2.21 bits per heavy atom. The Labute approximate surface area is 167 Å². The van der Waals surface area contributed by atoms with E-state index in [1.54, 1.807) is 7.11 Å². The molecule has 0 amide bonds. The zero-order valence-corrected chi connectivity index (χ0v) is 16.9. The average Bonchev–Trinajstić information content (AvgIpc) is 2.69. The van der Waals surface area contributed by atoms with Crippen molar-refractivity contribution >= 4 is 5.97 Å². The highest BCUT2D eigenvalue weighted by atomic mass is 16.5. The Morgan fingerprint density at radius 2 is 1.64 bits per heavy atom. The van der Waals surface area contributed by atoms with E-state index in [1.807, 2.05) is 0 Å². The predicted molar refractivity (Wildman–Crippen MR) is 104 cm³/mol. The van der Waals surface area contributed by atoms with Crippen molar-refractivity contribution in [2.45, 2.75) is 56.3 Å². The minimum Gasteiger partial charge on any atom is -0.510 e. The topological polar surface area (TPSA) is 97.7 Å². The summed E-state index contributed by atoms with van der Waals surface area (Å²) < 4.78 is 22.2. The fourth-order valence-corrected chi connectivity index (χ4v) is 3.92. The second-order valence-electron chi connectivity index (χ2n) is 7.58. The molecule has 0 aromatic carbocycles. The van der Waals surface area contributed by atoms with Gasteiger partial charge in [0, 0.05) is 26.7 Å². The van der Waals surface area contributed by atoms with Crippen LogP contribution in [0.2, 0.25) is 0 Å². The second kappa shape index (κ2) is 11.7. The van der Waals surface area contributed by atoms with E-state index >= 15 is 0 Å². The first-order valence-corrected chi connectivity index (χ1v) is 10.1. The largest absolute Gasteiger partial charge is 0.510 e. The van der Waals surface area contributed by atoms with Crippen molar-refractivity contribution in [1.82, 2.24) is 4.90 Å². The van der Waals surface area contributed by atoms with E-state index in [9.17, 15) is 9.90 Å². The molecular formula is C20H35NO7. The number of carboxylic acids is 1. The van der Waals surface area contributed by atoms with Crippen LogP contribution in [-0.2, 0) is 23.7 Å². The number of hydrogen-bond acceptors (Lipinski definition) is 7. The molecule has 0 aromatic rings. The maximum Gasteiger partial charge on any atom is 0.329 e. The molecule has 2 aliphatic rings. The van der Waals surface area contributed by atoms with Crippen LogP contribution in [-0.4, -0.2) is 92.1 Å². The van der Waals surface area contributed by atoms with Crippen LogP contribution < -0.4 is 0 Å². The average molecular weight is 402 g/mol. The molecule has 1 aliphatic carbocycles. The lowest BCUT2D eigenvalue weighted by Crippen LogP contribution is -2.43. The van der Waals surface area contributed by atoms with Crippen molar-refractivity contribution in [3.05, 3.63) is 12.3 Å². The van der Waals surface area contributed by atoms with Crippen LogP contribution >= 0.6 is 0 Å². The fourth-order valence-electron chi connectivity index (χ4n) is 3.92. The zero-order chi connectivity index (χ0) is 20.4. The van der Waals surface area contributed by atoms with Gasteiger partial charge in [-0.05, 0) is 38.5 Å². The number of carbonyl (C=O) groups is 1. The monoisotopic (exact) mass is 401 g/mol. The van der Waals surface area contributed by atoms with E-state index in [-0.39, 0.29) is 18.5 Å². The predicted octanol–water partition coefficient (Wildman–Crippen LogP) is 1.98. The number of methoxy groups -OCH3 is 1. The molecule has 1 saturated heterocycles. The smallest absolute Gasteiger partial charge is 0.329 e. The summed E-state index contributed by atoms with van der Waals surface area (Å²) in [5.74, 6) is -0.840. The molecule has 0 atom stereocenters. The van der Waals surface area contributed by atoms with Gasteiger partial charge in [0.15, 0.2) is 0 Å². The Morgan fingerprint density at radius 1 is 1.04 bits per heavy atom. The summed E-state index contributed by atoms with van der Waals surface area (Å²) in [6, 6.07) is 0. The Bertz CT molecular complexity index is 483. The summed E-state index contributed by atoms with van der Waals surface area (Å²) in [5, 5.41) is 18.3. The maximum atomic E-state index is 10.3. The number of likely N-dealkylation sites (tertiary alicyclic amines) is 1. The Hall–Kier alpha value is -1.19. The lowest BCUT2D eigenvalue weighted by molar-refractivity contribution is -0.142. The number of hydrogen-bond donors (Lipinski definition) is 2. The minimum atomic E-state index is -0.963. The molecular weight excluding hydrogens is 366 g/mol. The first kappa shape index (κ1) is 23.1. The van der Waals surface area contributed by atoms with Crippen molar-refractivity contribution in [2.75, 3.05) is 53.2 Å². The molecule has 2 rings (SSSR count). The van der Waals surface area contributed by atoms with E-state index in [0.717, 1.165) is 58.2 Å². The number of piperidine rings is 1. The molecule has 1 aliphatic heterocycles. The third kappa shape index (κ3) is 7.33. The van der Waals surface area contributed by atoms with E-state index in [4.69, 9.17) is 24.1 Å². The van der Waals surface area contributed by atoms with Crippen molar-refractivity contribution in [1.29, 1.82) is 0 Å². The van der Waals surface area contributed by atoms with Crippen molar-refractivity contribution < 1.29 is 34.0 Å². The molecule has 28 heavy (non-hydrogen) atoms. The second-order valence-corrected chi connectivity index (χ2v) is 7.58. The van der Waals surface area contributed by atoms with Crippen LogP contribution in [0.4, 0.5) is 0 Å². The number of rotatable bonds is 12. The van der Waals surface area contributed by atoms with E-state index in [2.05, 4.69) is 11.5 Å². The summed E-state index contributed by atoms with van der Waals surface area (Å²) in [6.45, 7) is 7.57. The van der Waals surface area contributed by atoms with Gasteiger partial charge in [0.2, 0.25) is 0 Å². The van der Waals surface area contributed by atoms with Crippen LogP contribution in [0.15, 0.2) is 12.3 Å². The van der Waals surface area contributed by atoms with Crippen LogP contribution in [0.5, 0.6) is 0 Å². The Balaban J connectivity index is 1.53. The van der Waals surface area contributed by atoms with Crippen LogP contribution in [0, 0.1) is 0 Å². The van der Waals surface area contributed by atoms with Crippen molar-refractivity contribution in [3.63, 3.8) is 0 Å². The normalized spacial score (nSPS) is 27.0. The third-order valence-electron chi connectivity index (χ3n) is 5.73. The van der Waals surface area contributed by atoms with E-state index in [1.165, 1.54) is 0 Å². The molecule has 0 unspecified atom stereocenters. The summed E-state index contributed by atoms with van der Waals surface area (Å²) in [7, 11) is 1.63. The Kier molecular flexibility index (Phi) is 9.67. The zero-order valence-electron chi connectivity index (χ0n) is 16.9. The number of ether oxygens (including phenoxy) is 4. The van der Waals surface area contributed by atoms with Crippen LogP contribution in [0.1, 0.15) is 38.5 Å². The molecule has 162 valence electrons. The van der Waals surface area contributed by atoms with Gasteiger partial charge in [0.05, 0.1) is 32.0 Å². The molecule has 0 radical (unpaired) electrons. The molecule has 8 nitrogen and oxygen atoms in total. The van der Waals surface area contributed by atoms with Gasteiger partial charge in [0.25, 0.3) is 0 Å². The van der Waals surface area contributed by atoms with Gasteiger partial charge < -0.3 is 34.1 Å². The first-order chi connectivity index (χ1) is 13.4. The molecule has 1 heterocycles. The summed E-state index contributed by atoms with van der Waals surface area (Å²) in [6.07, 6.45) is 5.80. The lowest BCUT2D eigenvalue weighted by atomic mass is 9.82. The molecule has 0 bridgehead atoms. The van der Waals surface area contributed by atoms with E-state index < -0.39 is 11.6 Å². The third-order valence-corrected chi connectivity index (χ3v) is 5.73. The number of aliphatic hydroxyl groups excluding tert-OH is 1. The van der Waals surface area contributed by atoms with Crippen molar-refractivity contribution in [3.8, 4) is 0 Å². The first-order valence-electron chi connectivity index (χ1n) is 10.1. The van der Waals surface area contributed by atoms with Crippen LogP contribution in [0.25, 0.3) is 0 Å². The lowest BCUT2D eigenvalue weighted by Gasteiger charge is -2.40. The molecule has 2 N–H and O–H groups in total. The summed E-state index contributed by atoms with van der Waals surface area (Å²) >= 11 is 0. The number of aliphatic hydroxyl groups is 1. The number of aliphatic carboxylic acids is 1. The number of nitrogens with zero attached hydrogens (tertiary/aromatic N) is 1. The van der Waals surface area contributed by atoms with Gasteiger partial charge in [-0.25, -0.2) is 4.79 Å². The van der Waals surface area contributed by atoms with E-state index in [0.29, 0.717) is 25.9 Å². The fraction of sp³-hybridized carbons (Fsp3) is 0.850. The molecule has 1 saturated carbocycles. The van der Waals surface area contributed by atoms with Gasteiger partial charge >= 0.3 is 5.97 Å². The quantitative estimate of drug-likeness (QED) is 0.378. The van der Waals surface area contributed by atoms with Gasteiger partial charge in [-0.2, -0.15) is 0 Å². The van der Waals surface area contributed by atoms with Gasteiger partial charge in [-0.15, -0.1) is 0 Å². The molecule has 8 heteroatoms. The summed E-state index contributed by atoms with van der Waals surface area (Å²) in [5.41, 5.74) is -0.595. The molecule has 2 fully saturated rings. The van der Waals surface area contributed by atoms with Crippen molar-refractivity contribution in [2.24, 2.45) is 0 Å². The highest BCUT2D eigenvalue weighted by Gasteiger charge is 2.39. The highest BCUT2D eigenvalue weighted by molar-refractivity contribution is 5.67. The summed E-state index contributed by atoms with van der Waals surface area (Å²) in [4.78, 5) is 12.7. The van der Waals surface area contributed by atoms with Gasteiger partial charge in [-0.1, -0.05) is 6.58 Å². The van der Waals surface area contributed by atoms with Gasteiger partial charge in [0.1, 0.15) is 18.0 Å². The molecule has 0 spiro atoms. The minimum absolute atomic E-state index is 0.123. The van der Waals surface area contributed by atoms with Gasteiger partial charge in [-0.3, -0.25) is 0 Å². The SMILES string of the molecule is C=C(O)[C@]1(OC)CC[C@@H](OC2CCN(CCOCCOCC(=O)O)CC2)CC1. The highest BCUT2D eigenvalue weighted by Crippen LogP contribution is 2.37. The molecule has 0 aromatic heterocycles. The standard InChI is InChI=1S/C20H35NO7/c1-16(22)20(25-2)7-3-17(4-8-20)28-18-5-9-21(10-6-18)11-12-26-13-14-27-15-19(23)24/h17-18,22H,1,3-15H2,2H3,(H,23,24)/t17-,20+. The number of carboxylic acid groups (broad SMARTS) is 1. The van der Waals surface area contributed by atoms with Crippen LogP contribution in [0.3, 0.4) is 0 Å².